The van der Waals surface area contributed by atoms with Gasteiger partial charge in [-0.25, -0.2) is 0 Å². The smallest absolute Gasteiger partial charge is 0.0483 e. The standard InChI is InChI=1S/C3H8O.2C3H8/c1-3(2)4;2*1-3-2/h3-4H,1-2H3;2*3H2,1-2H3. The van der Waals surface area contributed by atoms with Crippen LogP contribution < -0.4 is 0 Å². The Labute approximate surface area is 66.5 Å². The third-order valence-corrected chi connectivity index (χ3v) is 0. The van der Waals surface area contributed by atoms with Crippen molar-refractivity contribution in [2.24, 2.45) is 0 Å². The Kier molecular flexibility index (Phi) is 38.1. The van der Waals surface area contributed by atoms with Crippen molar-refractivity contribution >= 4 is 0 Å². The lowest BCUT2D eigenvalue weighted by Crippen LogP contribution is -1.85. The van der Waals surface area contributed by atoms with Gasteiger partial charge in [0, 0.05) is 6.10 Å². The van der Waals surface area contributed by atoms with Gasteiger partial charge in [0.05, 0.1) is 0 Å². The Morgan fingerprint density at radius 2 is 0.900 bits per heavy atom. The predicted octanol–water partition coefficient (Wildman–Crippen LogP) is 3.22. The average Bonchev–Trinajstić information content (AvgIpc) is 1.65. The number of hydrogen-bond acceptors (Lipinski definition) is 1. The summed E-state index contributed by atoms with van der Waals surface area (Å²) in [6.07, 6.45) is 2.33. The molecule has 10 heavy (non-hydrogen) atoms. The van der Waals surface area contributed by atoms with Crippen LogP contribution in [0.2, 0.25) is 0 Å². The van der Waals surface area contributed by atoms with E-state index in [1.807, 2.05) is 0 Å². The van der Waals surface area contributed by atoms with Crippen molar-refractivity contribution in [3.05, 3.63) is 0 Å². The zero-order valence-corrected chi connectivity index (χ0v) is 8.44. The first kappa shape index (κ1) is 16.5. The molecule has 0 unspecified atom stereocenters. The van der Waals surface area contributed by atoms with Crippen molar-refractivity contribution in [1.29, 1.82) is 0 Å². The van der Waals surface area contributed by atoms with E-state index in [1.54, 1.807) is 13.8 Å². The highest BCUT2D eigenvalue weighted by molar-refractivity contribution is 4.20. The van der Waals surface area contributed by atoms with Crippen molar-refractivity contribution < 1.29 is 5.11 Å². The quantitative estimate of drug-likeness (QED) is 0.559. The fraction of sp³-hybridized carbons (Fsp3) is 1.00. The largest absolute Gasteiger partial charge is 0.394 e. The number of aliphatic hydroxyl groups excluding tert-OH is 1. The van der Waals surface area contributed by atoms with Gasteiger partial charge in [-0.3, -0.25) is 0 Å². The van der Waals surface area contributed by atoms with Crippen LogP contribution in [0.15, 0.2) is 0 Å². The first-order chi connectivity index (χ1) is 4.56. The van der Waals surface area contributed by atoms with E-state index in [2.05, 4.69) is 27.7 Å². The second-order valence-electron chi connectivity index (χ2n) is 2.51. The van der Waals surface area contributed by atoms with Gasteiger partial charge in [-0.1, -0.05) is 40.5 Å². The molecule has 0 saturated heterocycles. The van der Waals surface area contributed by atoms with Crippen molar-refractivity contribution in [2.45, 2.75) is 60.5 Å². The molecular weight excluding hydrogens is 124 g/mol. The molecule has 1 heteroatoms. The molecule has 1 N–H and O–H groups in total. The molecule has 0 aromatic heterocycles. The van der Waals surface area contributed by atoms with Crippen LogP contribution in [-0.2, 0) is 0 Å². The molecule has 0 amide bonds. The van der Waals surface area contributed by atoms with Crippen LogP contribution in [0.3, 0.4) is 0 Å². The molecule has 0 spiro atoms. The molecular formula is C9H24O. The molecule has 0 heterocycles. The van der Waals surface area contributed by atoms with E-state index in [1.165, 1.54) is 12.8 Å². The van der Waals surface area contributed by atoms with E-state index in [0.29, 0.717) is 0 Å². The summed E-state index contributed by atoms with van der Waals surface area (Å²) in [7, 11) is 0. The summed E-state index contributed by atoms with van der Waals surface area (Å²) in [6, 6.07) is 0. The Hall–Kier alpha value is -0.0400. The van der Waals surface area contributed by atoms with Gasteiger partial charge in [-0.2, -0.15) is 0 Å². The van der Waals surface area contributed by atoms with Gasteiger partial charge in [0.25, 0.3) is 0 Å². The van der Waals surface area contributed by atoms with Crippen molar-refractivity contribution in [3.63, 3.8) is 0 Å². The predicted molar refractivity (Wildman–Crippen MR) is 49.3 cm³/mol. The second-order valence-corrected chi connectivity index (χ2v) is 2.51. The molecule has 0 aromatic rings. The average molecular weight is 148 g/mol. The molecule has 0 fully saturated rings. The molecule has 66 valence electrons. The van der Waals surface area contributed by atoms with Gasteiger partial charge in [-0.15, -0.1) is 0 Å². The Balaban J connectivity index is -0.0000000750. The zero-order chi connectivity index (χ0) is 8.99. The maximum atomic E-state index is 8.06. The lowest BCUT2D eigenvalue weighted by atomic mass is 10.5. The Morgan fingerprint density at radius 3 is 0.900 bits per heavy atom. The fourth-order valence-electron chi connectivity index (χ4n) is 0. The highest BCUT2D eigenvalue weighted by atomic mass is 16.3. The third-order valence-electron chi connectivity index (χ3n) is 0. The first-order valence-electron chi connectivity index (χ1n) is 4.24. The fourth-order valence-corrected chi connectivity index (χ4v) is 0. The SMILES string of the molecule is CC(C)O.CCC.CCC. The van der Waals surface area contributed by atoms with Crippen LogP contribution in [0.1, 0.15) is 54.4 Å². The van der Waals surface area contributed by atoms with Crippen LogP contribution in [0.4, 0.5) is 0 Å². The minimum atomic E-state index is -0.167. The maximum absolute atomic E-state index is 8.06. The normalized spacial score (nSPS) is 7.20. The summed E-state index contributed by atoms with van der Waals surface area (Å²) in [5, 5.41) is 8.06. The van der Waals surface area contributed by atoms with Crippen LogP contribution in [0.25, 0.3) is 0 Å². The van der Waals surface area contributed by atoms with Gasteiger partial charge in [-0.05, 0) is 13.8 Å². The minimum absolute atomic E-state index is 0.167. The Bertz CT molecular complexity index is 21.2. The number of hydrogen-bond donors (Lipinski definition) is 1. The van der Waals surface area contributed by atoms with Gasteiger partial charge >= 0.3 is 0 Å². The van der Waals surface area contributed by atoms with Crippen molar-refractivity contribution in [1.82, 2.24) is 0 Å². The van der Waals surface area contributed by atoms with Gasteiger partial charge in [0.1, 0.15) is 0 Å². The van der Waals surface area contributed by atoms with Crippen molar-refractivity contribution in [2.75, 3.05) is 0 Å². The van der Waals surface area contributed by atoms with E-state index in [9.17, 15) is 0 Å². The van der Waals surface area contributed by atoms with E-state index < -0.39 is 0 Å². The Morgan fingerprint density at radius 1 is 0.900 bits per heavy atom. The summed E-state index contributed by atoms with van der Waals surface area (Å²) in [6.45, 7) is 11.9. The highest BCUT2D eigenvalue weighted by Gasteiger charge is 1.69. The third kappa shape index (κ3) is 241000. The van der Waals surface area contributed by atoms with Crippen LogP contribution >= 0.6 is 0 Å². The summed E-state index contributed by atoms with van der Waals surface area (Å²) in [5.41, 5.74) is 0. The van der Waals surface area contributed by atoms with Crippen LogP contribution in [0.5, 0.6) is 0 Å². The highest BCUT2D eigenvalue weighted by Crippen LogP contribution is 1.65. The maximum Gasteiger partial charge on any atom is 0.0483 e. The summed E-state index contributed by atoms with van der Waals surface area (Å²) in [4.78, 5) is 0. The molecule has 0 aliphatic heterocycles. The van der Waals surface area contributed by atoms with Gasteiger partial charge in [0.15, 0.2) is 0 Å². The van der Waals surface area contributed by atoms with Crippen molar-refractivity contribution in [3.8, 4) is 0 Å². The lowest BCUT2D eigenvalue weighted by molar-refractivity contribution is 0.216. The molecule has 0 bridgehead atoms. The summed E-state index contributed by atoms with van der Waals surface area (Å²) < 4.78 is 0. The van der Waals surface area contributed by atoms with Crippen LogP contribution in [-0.4, -0.2) is 11.2 Å². The molecule has 0 aliphatic rings. The molecule has 0 aliphatic carbocycles. The number of aliphatic hydroxyl groups is 1. The second kappa shape index (κ2) is 23.1. The van der Waals surface area contributed by atoms with E-state index in [0.717, 1.165) is 0 Å². The topological polar surface area (TPSA) is 20.2 Å². The summed E-state index contributed by atoms with van der Waals surface area (Å²) in [5.74, 6) is 0. The molecule has 0 saturated carbocycles. The van der Waals surface area contributed by atoms with Gasteiger partial charge in [0.2, 0.25) is 0 Å². The first-order valence-corrected chi connectivity index (χ1v) is 4.24. The monoisotopic (exact) mass is 148 g/mol. The molecule has 0 rings (SSSR count). The zero-order valence-electron chi connectivity index (χ0n) is 8.44. The summed E-state index contributed by atoms with van der Waals surface area (Å²) >= 11 is 0. The number of rotatable bonds is 0. The molecule has 0 aromatic carbocycles. The minimum Gasteiger partial charge on any atom is -0.394 e. The van der Waals surface area contributed by atoms with Crippen LogP contribution in [0, 0.1) is 0 Å². The van der Waals surface area contributed by atoms with E-state index >= 15 is 0 Å². The molecule has 1 nitrogen and oxygen atoms in total. The molecule has 0 atom stereocenters. The molecule has 0 radical (unpaired) electrons. The van der Waals surface area contributed by atoms with E-state index in [-0.39, 0.29) is 6.10 Å². The lowest BCUT2D eigenvalue weighted by Gasteiger charge is -1.80. The van der Waals surface area contributed by atoms with Gasteiger partial charge < -0.3 is 5.11 Å². The van der Waals surface area contributed by atoms with E-state index in [4.69, 9.17) is 5.11 Å².